The van der Waals surface area contributed by atoms with Crippen molar-refractivity contribution in [3.8, 4) is 17.0 Å². The normalized spacial score (nSPS) is 14.8. The fourth-order valence-electron chi connectivity index (χ4n) is 4.94. The van der Waals surface area contributed by atoms with Crippen LogP contribution < -0.4 is 10.1 Å². The van der Waals surface area contributed by atoms with E-state index in [1.165, 1.54) is 18.6 Å². The number of ether oxygens (including phenoxy) is 2. The SMILES string of the molecule is CC(C)(C)c1ccc(Nc2ncnc3cc(-c4ncccc4C(F)(F)F)ccc23)cc1OCCCN1CCOCC1. The molecule has 4 aromatic rings. The average molecular weight is 566 g/mol. The van der Waals surface area contributed by atoms with Gasteiger partial charge in [0.05, 0.1) is 36.6 Å². The number of nitrogens with one attached hydrogen (secondary N) is 1. The second-order valence-electron chi connectivity index (χ2n) is 11.1. The van der Waals surface area contributed by atoms with Gasteiger partial charge in [-0.05, 0) is 47.7 Å². The van der Waals surface area contributed by atoms with Crippen molar-refractivity contribution in [1.29, 1.82) is 0 Å². The number of halogens is 3. The predicted octanol–water partition coefficient (Wildman–Crippen LogP) is 6.85. The number of nitrogens with zero attached hydrogens (tertiary/aromatic N) is 4. The molecule has 5 rings (SSSR count). The first-order valence-electron chi connectivity index (χ1n) is 13.7. The minimum absolute atomic E-state index is 0.114. The molecule has 3 heterocycles. The Kier molecular flexibility index (Phi) is 8.42. The summed E-state index contributed by atoms with van der Waals surface area (Å²) in [5, 5.41) is 4.03. The largest absolute Gasteiger partial charge is 0.493 e. The number of benzene rings is 2. The highest BCUT2D eigenvalue weighted by Gasteiger charge is 2.34. The fourth-order valence-corrected chi connectivity index (χ4v) is 4.94. The van der Waals surface area contributed by atoms with E-state index in [1.807, 2.05) is 12.1 Å². The molecule has 10 heteroatoms. The lowest BCUT2D eigenvalue weighted by atomic mass is 9.86. The maximum Gasteiger partial charge on any atom is 0.418 e. The van der Waals surface area contributed by atoms with Crippen LogP contribution in [-0.4, -0.2) is 59.3 Å². The highest BCUT2D eigenvalue weighted by Crippen LogP contribution is 2.38. The van der Waals surface area contributed by atoms with Crippen LogP contribution >= 0.6 is 0 Å². The predicted molar refractivity (Wildman–Crippen MR) is 154 cm³/mol. The summed E-state index contributed by atoms with van der Waals surface area (Å²) >= 11 is 0. The number of morpholine rings is 1. The van der Waals surface area contributed by atoms with Crippen molar-refractivity contribution < 1.29 is 22.6 Å². The lowest BCUT2D eigenvalue weighted by Crippen LogP contribution is -2.37. The van der Waals surface area contributed by atoms with E-state index in [2.05, 4.69) is 52.0 Å². The smallest absolute Gasteiger partial charge is 0.418 e. The number of pyridine rings is 1. The summed E-state index contributed by atoms with van der Waals surface area (Å²) in [4.78, 5) is 15.1. The van der Waals surface area contributed by atoms with Crippen LogP contribution in [0.5, 0.6) is 5.75 Å². The van der Waals surface area contributed by atoms with E-state index in [4.69, 9.17) is 9.47 Å². The summed E-state index contributed by atoms with van der Waals surface area (Å²) in [5.74, 6) is 1.35. The zero-order valence-corrected chi connectivity index (χ0v) is 23.5. The molecule has 1 N–H and O–H groups in total. The second-order valence-corrected chi connectivity index (χ2v) is 11.1. The topological polar surface area (TPSA) is 72.4 Å². The first-order valence-corrected chi connectivity index (χ1v) is 13.7. The van der Waals surface area contributed by atoms with Crippen LogP contribution in [0.25, 0.3) is 22.2 Å². The summed E-state index contributed by atoms with van der Waals surface area (Å²) in [6.07, 6.45) is -0.861. The lowest BCUT2D eigenvalue weighted by Gasteiger charge is -2.27. The van der Waals surface area contributed by atoms with Gasteiger partial charge in [-0.25, -0.2) is 9.97 Å². The van der Waals surface area contributed by atoms with Gasteiger partial charge in [-0.15, -0.1) is 0 Å². The minimum atomic E-state index is -4.52. The minimum Gasteiger partial charge on any atom is -0.493 e. The Labute approximate surface area is 237 Å². The van der Waals surface area contributed by atoms with Gasteiger partial charge in [0.15, 0.2) is 0 Å². The van der Waals surface area contributed by atoms with Gasteiger partial charge in [0.2, 0.25) is 0 Å². The maximum atomic E-state index is 13.6. The highest BCUT2D eigenvalue weighted by molar-refractivity contribution is 5.93. The molecular weight excluding hydrogens is 531 g/mol. The van der Waals surface area contributed by atoms with Crippen LogP contribution in [0.3, 0.4) is 0 Å². The Balaban J connectivity index is 1.37. The zero-order chi connectivity index (χ0) is 29.0. The summed E-state index contributed by atoms with van der Waals surface area (Å²) in [5.41, 5.74) is 1.68. The molecule has 0 bridgehead atoms. The van der Waals surface area contributed by atoms with Crippen molar-refractivity contribution in [2.75, 3.05) is 44.8 Å². The molecule has 0 unspecified atom stereocenters. The molecule has 0 aliphatic carbocycles. The summed E-state index contributed by atoms with van der Waals surface area (Å²) < 4.78 is 52.5. The molecule has 0 radical (unpaired) electrons. The fraction of sp³-hybridized carbons (Fsp3) is 0.387. The Bertz CT molecular complexity index is 1500. The van der Waals surface area contributed by atoms with Crippen molar-refractivity contribution in [2.45, 2.75) is 38.8 Å². The molecule has 41 heavy (non-hydrogen) atoms. The zero-order valence-electron chi connectivity index (χ0n) is 23.5. The van der Waals surface area contributed by atoms with E-state index >= 15 is 0 Å². The van der Waals surface area contributed by atoms with Crippen LogP contribution in [-0.2, 0) is 16.3 Å². The molecule has 0 amide bonds. The third-order valence-electron chi connectivity index (χ3n) is 7.06. The summed E-state index contributed by atoms with van der Waals surface area (Å²) in [6.45, 7) is 11.5. The molecule has 1 aliphatic rings. The van der Waals surface area contributed by atoms with Gasteiger partial charge in [-0.2, -0.15) is 13.2 Å². The Morgan fingerprint density at radius 1 is 0.951 bits per heavy atom. The standard InChI is InChI=1S/C31H34F3N5O2/c1-30(2,3)24-10-8-22(19-27(24)41-15-5-12-39-13-16-40-17-14-39)38-29-23-9-7-21(18-26(23)36-20-37-29)28-25(31(32,33)34)6-4-11-35-28/h4,6-11,18-20H,5,12-17H2,1-3H3,(H,36,37,38). The van der Waals surface area contributed by atoms with Crippen LogP contribution in [0.4, 0.5) is 24.7 Å². The van der Waals surface area contributed by atoms with Crippen LogP contribution in [0.1, 0.15) is 38.3 Å². The van der Waals surface area contributed by atoms with Gasteiger partial charge in [0.25, 0.3) is 0 Å². The van der Waals surface area contributed by atoms with Crippen molar-refractivity contribution in [1.82, 2.24) is 19.9 Å². The van der Waals surface area contributed by atoms with E-state index in [0.717, 1.165) is 62.3 Å². The molecule has 7 nitrogen and oxygen atoms in total. The Morgan fingerprint density at radius 2 is 1.76 bits per heavy atom. The Hall–Kier alpha value is -3.76. The van der Waals surface area contributed by atoms with Crippen molar-refractivity contribution in [3.05, 3.63) is 72.2 Å². The van der Waals surface area contributed by atoms with Crippen LogP contribution in [0, 0.1) is 0 Å². The molecular formula is C31H34F3N5O2. The van der Waals surface area contributed by atoms with Crippen LogP contribution in [0.15, 0.2) is 61.1 Å². The molecule has 1 saturated heterocycles. The molecule has 2 aromatic heterocycles. The number of aromatic nitrogens is 3. The van der Waals surface area contributed by atoms with Crippen molar-refractivity contribution in [2.24, 2.45) is 0 Å². The third kappa shape index (κ3) is 6.94. The molecule has 216 valence electrons. The molecule has 0 saturated carbocycles. The number of rotatable bonds is 8. The second kappa shape index (κ2) is 12.0. The first kappa shape index (κ1) is 28.8. The third-order valence-corrected chi connectivity index (χ3v) is 7.06. The quantitative estimate of drug-likeness (QED) is 0.234. The first-order chi connectivity index (χ1) is 19.6. The number of hydrogen-bond donors (Lipinski definition) is 1. The van der Waals surface area contributed by atoms with Gasteiger partial charge < -0.3 is 14.8 Å². The van der Waals surface area contributed by atoms with E-state index < -0.39 is 11.7 Å². The molecule has 1 fully saturated rings. The summed E-state index contributed by atoms with van der Waals surface area (Å²) in [7, 11) is 0. The van der Waals surface area contributed by atoms with E-state index in [9.17, 15) is 13.2 Å². The number of anilines is 2. The average Bonchev–Trinajstić information content (AvgIpc) is 2.95. The van der Waals surface area contributed by atoms with Gasteiger partial charge in [-0.1, -0.05) is 32.9 Å². The summed E-state index contributed by atoms with van der Waals surface area (Å²) in [6, 6.07) is 13.3. The highest BCUT2D eigenvalue weighted by atomic mass is 19.4. The van der Waals surface area contributed by atoms with E-state index in [0.29, 0.717) is 28.9 Å². The van der Waals surface area contributed by atoms with Crippen molar-refractivity contribution >= 4 is 22.4 Å². The van der Waals surface area contributed by atoms with Gasteiger partial charge in [0, 0.05) is 48.5 Å². The maximum absolute atomic E-state index is 13.6. The van der Waals surface area contributed by atoms with Gasteiger partial charge >= 0.3 is 6.18 Å². The van der Waals surface area contributed by atoms with Crippen LogP contribution in [0.2, 0.25) is 0 Å². The molecule has 0 atom stereocenters. The lowest BCUT2D eigenvalue weighted by molar-refractivity contribution is -0.137. The molecule has 1 aliphatic heterocycles. The van der Waals surface area contributed by atoms with Gasteiger partial charge in [-0.3, -0.25) is 9.88 Å². The van der Waals surface area contributed by atoms with Gasteiger partial charge in [0.1, 0.15) is 17.9 Å². The monoisotopic (exact) mass is 565 g/mol. The molecule has 2 aromatic carbocycles. The number of hydrogen-bond acceptors (Lipinski definition) is 7. The van der Waals surface area contributed by atoms with E-state index in [-0.39, 0.29) is 11.1 Å². The number of alkyl halides is 3. The van der Waals surface area contributed by atoms with E-state index in [1.54, 1.807) is 18.2 Å². The number of fused-ring (bicyclic) bond motifs is 1. The molecule has 0 spiro atoms. The van der Waals surface area contributed by atoms with Crippen molar-refractivity contribution in [3.63, 3.8) is 0 Å². The Morgan fingerprint density at radius 3 is 2.51 bits per heavy atom.